The number of sulfonamides is 1. The number of anilines is 2. The Morgan fingerprint density at radius 2 is 1.67 bits per heavy atom. The van der Waals surface area contributed by atoms with Gasteiger partial charge in [0.2, 0.25) is 15.9 Å². The number of nitrogens with one attached hydrogen (secondary N) is 2. The number of amides is 2. The lowest BCUT2D eigenvalue weighted by Gasteiger charge is -2.24. The Labute approximate surface area is 178 Å². The van der Waals surface area contributed by atoms with Crippen LogP contribution in [-0.2, 0) is 21.2 Å². The number of hydrogen-bond donors (Lipinski definition) is 2. The van der Waals surface area contributed by atoms with Gasteiger partial charge in [-0.15, -0.1) is 0 Å². The van der Waals surface area contributed by atoms with Gasteiger partial charge in [0.05, 0.1) is 23.2 Å². The van der Waals surface area contributed by atoms with Gasteiger partial charge in [-0.05, 0) is 43.5 Å². The average Bonchev–Trinajstić information content (AvgIpc) is 2.71. The molecule has 0 aliphatic carbocycles. The minimum atomic E-state index is -3.69. The molecule has 0 aliphatic rings. The molecule has 0 aromatic heterocycles. The molecule has 7 nitrogen and oxygen atoms in total. The van der Waals surface area contributed by atoms with Crippen molar-refractivity contribution < 1.29 is 18.0 Å². The van der Waals surface area contributed by atoms with E-state index < -0.39 is 22.5 Å². The van der Waals surface area contributed by atoms with Crippen LogP contribution in [0.15, 0.2) is 48.5 Å². The van der Waals surface area contributed by atoms with E-state index in [2.05, 4.69) is 10.6 Å². The van der Waals surface area contributed by atoms with Gasteiger partial charge in [-0.1, -0.05) is 44.2 Å². The van der Waals surface area contributed by atoms with E-state index in [1.807, 2.05) is 32.9 Å². The number of benzene rings is 2. The fourth-order valence-corrected chi connectivity index (χ4v) is 3.84. The molecular formula is C22H29N3O4S. The molecule has 2 rings (SSSR count). The average molecular weight is 432 g/mol. The van der Waals surface area contributed by atoms with Crippen LogP contribution in [0.1, 0.15) is 43.1 Å². The van der Waals surface area contributed by atoms with Crippen LogP contribution in [0.3, 0.4) is 0 Å². The topological polar surface area (TPSA) is 95.6 Å². The highest BCUT2D eigenvalue weighted by Crippen LogP contribution is 2.24. The van der Waals surface area contributed by atoms with Crippen LogP contribution in [0.5, 0.6) is 0 Å². The summed E-state index contributed by atoms with van der Waals surface area (Å²) in [7, 11) is -3.69. The highest BCUT2D eigenvalue weighted by atomic mass is 32.2. The van der Waals surface area contributed by atoms with E-state index in [0.717, 1.165) is 22.5 Å². The second-order valence-electron chi connectivity index (χ2n) is 7.13. The minimum absolute atomic E-state index is 0.00692. The molecular weight excluding hydrogens is 402 g/mol. The zero-order valence-corrected chi connectivity index (χ0v) is 18.6. The van der Waals surface area contributed by atoms with Crippen molar-refractivity contribution in [2.24, 2.45) is 0 Å². The molecule has 0 aliphatic heterocycles. The standard InChI is InChI=1S/C22H29N3O4S/c1-5-16(3)23-22(27)18-12-8-9-13-19(18)24-21(26)15-25(30(4,28)29)20-14-10-7-11-17(20)6-2/h7-14,16H,5-6,15H2,1-4H3,(H,23,27)(H,24,26)/t16-/m1/s1. The number of carbonyl (C=O) groups is 2. The Morgan fingerprint density at radius 1 is 1.03 bits per heavy atom. The van der Waals surface area contributed by atoms with Crippen LogP contribution in [0.25, 0.3) is 0 Å². The number of nitrogens with zero attached hydrogens (tertiary/aromatic N) is 1. The largest absolute Gasteiger partial charge is 0.350 e. The van der Waals surface area contributed by atoms with Crippen LogP contribution in [-0.4, -0.2) is 39.1 Å². The monoisotopic (exact) mass is 431 g/mol. The predicted molar refractivity (Wildman–Crippen MR) is 120 cm³/mol. The molecule has 0 spiro atoms. The van der Waals surface area contributed by atoms with Crippen LogP contribution >= 0.6 is 0 Å². The lowest BCUT2D eigenvalue weighted by atomic mass is 10.1. The molecule has 0 fully saturated rings. The normalized spacial score (nSPS) is 12.1. The SMILES string of the molecule is CCc1ccccc1N(CC(=O)Nc1ccccc1C(=O)N[C@H](C)CC)S(C)(=O)=O. The lowest BCUT2D eigenvalue weighted by molar-refractivity contribution is -0.114. The van der Waals surface area contributed by atoms with Gasteiger partial charge in [-0.25, -0.2) is 8.42 Å². The van der Waals surface area contributed by atoms with Crippen molar-refractivity contribution in [3.05, 3.63) is 59.7 Å². The molecule has 8 heteroatoms. The van der Waals surface area contributed by atoms with E-state index >= 15 is 0 Å². The molecule has 0 unspecified atom stereocenters. The zero-order chi connectivity index (χ0) is 22.3. The van der Waals surface area contributed by atoms with Gasteiger partial charge < -0.3 is 10.6 Å². The van der Waals surface area contributed by atoms with Gasteiger partial charge in [-0.2, -0.15) is 0 Å². The third-order valence-corrected chi connectivity index (χ3v) is 5.89. The second-order valence-corrected chi connectivity index (χ2v) is 9.04. The lowest BCUT2D eigenvalue weighted by Crippen LogP contribution is -2.38. The Morgan fingerprint density at radius 3 is 2.30 bits per heavy atom. The third kappa shape index (κ3) is 6.06. The van der Waals surface area contributed by atoms with Gasteiger partial charge in [0.1, 0.15) is 6.54 Å². The third-order valence-electron chi connectivity index (χ3n) is 4.76. The first-order valence-corrected chi connectivity index (χ1v) is 11.8. The fraction of sp³-hybridized carbons (Fsp3) is 0.364. The van der Waals surface area contributed by atoms with Gasteiger partial charge >= 0.3 is 0 Å². The van der Waals surface area contributed by atoms with Gasteiger partial charge in [0, 0.05) is 6.04 Å². The Kier molecular flexibility index (Phi) is 8.00. The highest BCUT2D eigenvalue weighted by molar-refractivity contribution is 7.92. The summed E-state index contributed by atoms with van der Waals surface area (Å²) in [5.74, 6) is -0.827. The maximum Gasteiger partial charge on any atom is 0.253 e. The summed E-state index contributed by atoms with van der Waals surface area (Å²) in [6.07, 6.45) is 2.48. The molecule has 1 atom stereocenters. The highest BCUT2D eigenvalue weighted by Gasteiger charge is 2.23. The number of aryl methyl sites for hydroxylation is 1. The van der Waals surface area contributed by atoms with E-state index in [1.165, 1.54) is 0 Å². The molecule has 2 aromatic rings. The van der Waals surface area contributed by atoms with E-state index in [9.17, 15) is 18.0 Å². The van der Waals surface area contributed by atoms with E-state index in [1.54, 1.807) is 36.4 Å². The number of para-hydroxylation sites is 2. The molecule has 0 saturated heterocycles. The summed E-state index contributed by atoms with van der Waals surface area (Å²) in [5.41, 5.74) is 1.95. The summed E-state index contributed by atoms with van der Waals surface area (Å²) in [6, 6.07) is 13.7. The molecule has 0 bridgehead atoms. The maximum atomic E-state index is 12.7. The first-order chi connectivity index (χ1) is 14.2. The van der Waals surface area contributed by atoms with Crippen molar-refractivity contribution in [1.29, 1.82) is 0 Å². The second kappa shape index (κ2) is 10.2. The van der Waals surface area contributed by atoms with Crippen LogP contribution in [0.4, 0.5) is 11.4 Å². The van der Waals surface area contributed by atoms with E-state index in [-0.39, 0.29) is 11.9 Å². The summed E-state index contributed by atoms with van der Waals surface area (Å²) in [4.78, 5) is 25.3. The molecule has 162 valence electrons. The molecule has 0 radical (unpaired) electrons. The molecule has 0 heterocycles. The Bertz CT molecular complexity index is 1000. The first-order valence-electron chi connectivity index (χ1n) is 9.92. The van der Waals surface area contributed by atoms with Crippen molar-refractivity contribution in [1.82, 2.24) is 5.32 Å². The summed E-state index contributed by atoms with van der Waals surface area (Å²) >= 11 is 0. The van der Waals surface area contributed by atoms with Crippen molar-refractivity contribution in [3.63, 3.8) is 0 Å². The number of rotatable bonds is 9. The van der Waals surface area contributed by atoms with Crippen LogP contribution in [0, 0.1) is 0 Å². The molecule has 0 saturated carbocycles. The number of hydrogen-bond acceptors (Lipinski definition) is 4. The zero-order valence-electron chi connectivity index (χ0n) is 17.8. The van der Waals surface area contributed by atoms with Crippen molar-refractivity contribution >= 4 is 33.2 Å². The van der Waals surface area contributed by atoms with E-state index in [4.69, 9.17) is 0 Å². The van der Waals surface area contributed by atoms with Gasteiger partial charge in [0.25, 0.3) is 5.91 Å². The van der Waals surface area contributed by atoms with Crippen molar-refractivity contribution in [2.45, 2.75) is 39.7 Å². The molecule has 2 amide bonds. The predicted octanol–water partition coefficient (Wildman–Crippen LogP) is 3.18. The fourth-order valence-electron chi connectivity index (χ4n) is 2.95. The maximum absolute atomic E-state index is 12.7. The van der Waals surface area contributed by atoms with Gasteiger partial charge in [-0.3, -0.25) is 13.9 Å². The van der Waals surface area contributed by atoms with Crippen molar-refractivity contribution in [2.75, 3.05) is 22.4 Å². The minimum Gasteiger partial charge on any atom is -0.350 e. The Balaban J connectivity index is 2.26. The summed E-state index contributed by atoms with van der Waals surface area (Å²) < 4.78 is 25.9. The van der Waals surface area contributed by atoms with Gasteiger partial charge in [0.15, 0.2) is 0 Å². The van der Waals surface area contributed by atoms with Crippen LogP contribution in [0.2, 0.25) is 0 Å². The molecule has 30 heavy (non-hydrogen) atoms. The Hall–Kier alpha value is -2.87. The van der Waals surface area contributed by atoms with Crippen molar-refractivity contribution in [3.8, 4) is 0 Å². The summed E-state index contributed by atoms with van der Waals surface area (Å²) in [5, 5.41) is 5.56. The quantitative estimate of drug-likeness (QED) is 0.637. The summed E-state index contributed by atoms with van der Waals surface area (Å²) in [6.45, 7) is 5.39. The number of carbonyl (C=O) groups excluding carboxylic acids is 2. The molecule has 2 aromatic carbocycles. The first kappa shape index (κ1) is 23.4. The molecule has 2 N–H and O–H groups in total. The smallest absolute Gasteiger partial charge is 0.253 e. The van der Waals surface area contributed by atoms with E-state index in [0.29, 0.717) is 23.4 Å². The van der Waals surface area contributed by atoms with Crippen LogP contribution < -0.4 is 14.9 Å².